The molecule has 0 radical (unpaired) electrons. The highest BCUT2D eigenvalue weighted by Gasteiger charge is 2.50. The maximum Gasteiger partial charge on any atom is 0.399 e. The molecule has 0 spiro atoms. The average molecular weight is 642 g/mol. The van der Waals surface area contributed by atoms with Gasteiger partial charge in [-0.3, -0.25) is 4.57 Å². The van der Waals surface area contributed by atoms with Crippen molar-refractivity contribution in [2.75, 3.05) is 6.26 Å². The zero-order chi connectivity index (χ0) is 31.7. The van der Waals surface area contributed by atoms with Gasteiger partial charge in [0.2, 0.25) is 0 Å². The fraction of sp³-hybridized carbons (Fsp3) is 0.143. The van der Waals surface area contributed by atoms with Crippen LogP contribution in [0.5, 0.6) is 0 Å². The molecule has 2 N–H and O–H groups in total. The van der Waals surface area contributed by atoms with Gasteiger partial charge in [-0.25, -0.2) is 4.68 Å². The molecule has 0 fully saturated rings. The van der Waals surface area contributed by atoms with Gasteiger partial charge in [0.15, 0.2) is 0 Å². The lowest BCUT2D eigenvalue weighted by atomic mass is 9.78. The molecular formula is C35H30F2N3O3PS. The van der Waals surface area contributed by atoms with Crippen LogP contribution in [0.15, 0.2) is 132 Å². The number of aromatic nitrogens is 3. The highest BCUT2D eigenvalue weighted by atomic mass is 32.2. The lowest BCUT2D eigenvalue weighted by Crippen LogP contribution is -2.40. The molecule has 10 heteroatoms. The van der Waals surface area contributed by atoms with Crippen molar-refractivity contribution in [3.63, 3.8) is 0 Å². The molecule has 45 heavy (non-hydrogen) atoms. The molecule has 0 aliphatic carbocycles. The van der Waals surface area contributed by atoms with Crippen molar-refractivity contribution in [2.45, 2.75) is 28.9 Å². The van der Waals surface area contributed by atoms with Gasteiger partial charge in [0.1, 0.15) is 5.52 Å². The summed E-state index contributed by atoms with van der Waals surface area (Å²) in [5.41, 5.74) is 0.539. The monoisotopic (exact) mass is 641 g/mol. The Morgan fingerprint density at radius 1 is 0.711 bits per heavy atom. The number of benzene rings is 5. The maximum absolute atomic E-state index is 14.5. The third-order valence-electron chi connectivity index (χ3n) is 8.11. The Kier molecular flexibility index (Phi) is 8.46. The van der Waals surface area contributed by atoms with Crippen molar-refractivity contribution in [3.05, 3.63) is 150 Å². The Labute approximate surface area is 263 Å². The van der Waals surface area contributed by atoms with Crippen LogP contribution < -0.4 is 0 Å². The summed E-state index contributed by atoms with van der Waals surface area (Å²) in [4.78, 5) is 19.7. The number of para-hydroxylation sites is 1. The molecular weight excluding hydrogens is 611 g/mol. The second kappa shape index (κ2) is 12.3. The number of alkyl halides is 2. The third-order valence-corrected chi connectivity index (χ3v) is 9.84. The zero-order valence-electron chi connectivity index (χ0n) is 24.3. The maximum atomic E-state index is 14.5. The number of rotatable bonds is 10. The van der Waals surface area contributed by atoms with Gasteiger partial charge in [-0.15, -0.1) is 16.9 Å². The average Bonchev–Trinajstić information content (AvgIpc) is 3.50. The van der Waals surface area contributed by atoms with Crippen LogP contribution in [0.1, 0.15) is 22.3 Å². The van der Waals surface area contributed by atoms with E-state index in [9.17, 15) is 23.1 Å². The van der Waals surface area contributed by atoms with Crippen LogP contribution in [-0.4, -0.2) is 31.0 Å². The minimum atomic E-state index is -5.69. The van der Waals surface area contributed by atoms with Gasteiger partial charge in [0, 0.05) is 23.3 Å². The second-order valence-electron chi connectivity index (χ2n) is 10.9. The normalized spacial score (nSPS) is 13.5. The van der Waals surface area contributed by atoms with Gasteiger partial charge >= 0.3 is 13.3 Å². The summed E-state index contributed by atoms with van der Waals surface area (Å²) in [7, 11) is -5.69. The predicted molar refractivity (Wildman–Crippen MR) is 174 cm³/mol. The standard InChI is InChI=1S/C35H30F2N3O3PS/c1-45-31-21-17-28(18-22-31)27-15-11-25(12-16-27)23-34(29-7-3-2-4-8-29,40-33-10-6-5-9-32(33)38-39-40)24-26-13-19-30(20-14-26)35(36,37)44(41,42)43/h2-22H,23-24H2,1H3,(H2,41,42,43). The highest BCUT2D eigenvalue weighted by molar-refractivity contribution is 7.98. The topological polar surface area (TPSA) is 88.2 Å². The van der Waals surface area contributed by atoms with Crippen molar-refractivity contribution >= 4 is 30.4 Å². The number of hydrogen-bond donors (Lipinski definition) is 2. The molecule has 1 unspecified atom stereocenters. The summed E-state index contributed by atoms with van der Waals surface area (Å²) in [5, 5.41) is 9.11. The van der Waals surface area contributed by atoms with E-state index in [0.717, 1.165) is 45.4 Å². The first-order valence-electron chi connectivity index (χ1n) is 14.2. The van der Waals surface area contributed by atoms with E-state index in [1.807, 2.05) is 65.5 Å². The smallest absolute Gasteiger partial charge is 0.320 e. The molecule has 0 aliphatic rings. The molecule has 0 amide bonds. The van der Waals surface area contributed by atoms with Gasteiger partial charge in [-0.05, 0) is 58.3 Å². The van der Waals surface area contributed by atoms with E-state index in [0.29, 0.717) is 18.4 Å². The van der Waals surface area contributed by atoms with Crippen molar-refractivity contribution in [2.24, 2.45) is 0 Å². The first-order valence-corrected chi connectivity index (χ1v) is 17.1. The molecule has 0 aliphatic heterocycles. The van der Waals surface area contributed by atoms with Gasteiger partial charge in [0.25, 0.3) is 0 Å². The first-order chi connectivity index (χ1) is 21.6. The van der Waals surface area contributed by atoms with Gasteiger partial charge in [-0.1, -0.05) is 108 Å². The number of halogens is 2. The SMILES string of the molecule is CSc1ccc(-c2ccc(CC(Cc3ccc(C(F)(F)P(=O)(O)O)cc3)(c3ccccc3)n3nnc4ccccc43)cc2)cc1. The number of fused-ring (bicyclic) bond motifs is 1. The van der Waals surface area contributed by atoms with Crippen LogP contribution in [0.2, 0.25) is 0 Å². The second-order valence-corrected chi connectivity index (χ2v) is 13.5. The Balaban J connectivity index is 1.46. The molecule has 1 aromatic heterocycles. The molecule has 1 atom stereocenters. The summed E-state index contributed by atoms with van der Waals surface area (Å²) >= 11 is 1.70. The summed E-state index contributed by atoms with van der Waals surface area (Å²) in [6.45, 7) is 0. The van der Waals surface area contributed by atoms with Crippen molar-refractivity contribution in [1.82, 2.24) is 15.0 Å². The summed E-state index contributed by atoms with van der Waals surface area (Å²) in [6.07, 6.45) is 2.88. The molecule has 6 rings (SSSR count). The highest BCUT2D eigenvalue weighted by Crippen LogP contribution is 2.59. The zero-order valence-corrected chi connectivity index (χ0v) is 26.0. The van der Waals surface area contributed by atoms with Crippen LogP contribution >= 0.6 is 19.4 Å². The fourth-order valence-electron chi connectivity index (χ4n) is 5.74. The Morgan fingerprint density at radius 3 is 1.82 bits per heavy atom. The van der Waals surface area contributed by atoms with Crippen molar-refractivity contribution < 1.29 is 23.1 Å². The number of hydrogen-bond acceptors (Lipinski definition) is 4. The fourth-order valence-corrected chi connectivity index (χ4v) is 6.63. The quantitative estimate of drug-likeness (QED) is 0.116. The van der Waals surface area contributed by atoms with E-state index in [-0.39, 0.29) is 0 Å². The first kappa shape index (κ1) is 30.9. The van der Waals surface area contributed by atoms with Crippen LogP contribution in [0.3, 0.4) is 0 Å². The Hall–Kier alpha value is -4.14. The van der Waals surface area contributed by atoms with E-state index in [1.54, 1.807) is 11.8 Å². The van der Waals surface area contributed by atoms with E-state index >= 15 is 0 Å². The molecule has 228 valence electrons. The van der Waals surface area contributed by atoms with Gasteiger partial charge in [0.05, 0.1) is 11.1 Å². The van der Waals surface area contributed by atoms with E-state index in [1.165, 1.54) is 17.0 Å². The van der Waals surface area contributed by atoms with Crippen LogP contribution in [0.4, 0.5) is 8.78 Å². The van der Waals surface area contributed by atoms with Crippen molar-refractivity contribution in [3.8, 4) is 11.1 Å². The summed E-state index contributed by atoms with van der Waals surface area (Å²) < 4.78 is 42.4. The number of nitrogens with zero attached hydrogens (tertiary/aromatic N) is 3. The molecule has 6 nitrogen and oxygen atoms in total. The van der Waals surface area contributed by atoms with Crippen LogP contribution in [0, 0.1) is 0 Å². The summed E-state index contributed by atoms with van der Waals surface area (Å²) in [5.74, 6) is 0. The van der Waals surface area contributed by atoms with Crippen molar-refractivity contribution in [1.29, 1.82) is 0 Å². The molecule has 0 bridgehead atoms. The van der Waals surface area contributed by atoms with Gasteiger partial charge < -0.3 is 9.79 Å². The summed E-state index contributed by atoms with van der Waals surface area (Å²) in [6, 6.07) is 39.5. The van der Waals surface area contributed by atoms with E-state index < -0.39 is 24.4 Å². The number of thioether (sulfide) groups is 1. The minimum Gasteiger partial charge on any atom is -0.320 e. The molecule has 6 aromatic rings. The third kappa shape index (κ3) is 6.09. The van der Waals surface area contributed by atoms with E-state index in [2.05, 4.69) is 58.8 Å². The van der Waals surface area contributed by atoms with Crippen LogP contribution in [-0.2, 0) is 28.6 Å². The largest absolute Gasteiger partial charge is 0.399 e. The molecule has 1 heterocycles. The Bertz CT molecular complexity index is 1960. The molecule has 5 aromatic carbocycles. The molecule has 0 saturated carbocycles. The van der Waals surface area contributed by atoms with Crippen LogP contribution in [0.25, 0.3) is 22.2 Å². The lowest BCUT2D eigenvalue weighted by Gasteiger charge is -2.36. The predicted octanol–water partition coefficient (Wildman–Crippen LogP) is 8.28. The minimum absolute atomic E-state index is 0.337. The lowest BCUT2D eigenvalue weighted by molar-refractivity contribution is 0.0564. The molecule has 0 saturated heterocycles. The van der Waals surface area contributed by atoms with E-state index in [4.69, 9.17) is 0 Å². The Morgan fingerprint density at radius 2 is 1.24 bits per heavy atom. The van der Waals surface area contributed by atoms with Gasteiger partial charge in [-0.2, -0.15) is 8.78 Å².